The van der Waals surface area contributed by atoms with Crippen molar-refractivity contribution in [3.63, 3.8) is 0 Å². The first kappa shape index (κ1) is 13.0. The van der Waals surface area contributed by atoms with Crippen LogP contribution >= 0.6 is 11.6 Å². The molecule has 0 aliphatic carbocycles. The molecule has 1 N–H and O–H groups in total. The van der Waals surface area contributed by atoms with Crippen LogP contribution in [-0.4, -0.2) is 24.2 Å². The molecule has 0 spiro atoms. The number of rotatable bonds is 2. The molecule has 0 atom stereocenters. The van der Waals surface area contributed by atoms with Gasteiger partial charge in [0.15, 0.2) is 0 Å². The smallest absolute Gasteiger partial charge is 0.328 e. The summed E-state index contributed by atoms with van der Waals surface area (Å²) >= 11 is 5.94. The summed E-state index contributed by atoms with van der Waals surface area (Å²) in [6, 6.07) is 5.88. The summed E-state index contributed by atoms with van der Waals surface area (Å²) in [5.74, 6) is -0.846. The summed E-state index contributed by atoms with van der Waals surface area (Å²) in [5, 5.41) is 9.47. The van der Waals surface area contributed by atoms with Crippen LogP contribution in [0, 0.1) is 6.92 Å². The van der Waals surface area contributed by atoms with Gasteiger partial charge in [-0.25, -0.2) is 4.79 Å². The number of piperidine rings is 1. The van der Waals surface area contributed by atoms with Crippen molar-refractivity contribution in [2.75, 3.05) is 18.0 Å². The number of carboxylic acids is 1. The van der Waals surface area contributed by atoms with Crippen molar-refractivity contribution in [3.05, 3.63) is 40.4 Å². The van der Waals surface area contributed by atoms with Crippen molar-refractivity contribution in [1.82, 2.24) is 0 Å². The number of carboxylic acid groups (broad SMARTS) is 1. The molecule has 4 heteroatoms. The predicted molar refractivity (Wildman–Crippen MR) is 73.4 cm³/mol. The van der Waals surface area contributed by atoms with Crippen molar-refractivity contribution in [3.8, 4) is 0 Å². The maximum Gasteiger partial charge on any atom is 0.328 e. The molecule has 1 aromatic rings. The first-order valence-corrected chi connectivity index (χ1v) is 6.37. The lowest BCUT2D eigenvalue weighted by Gasteiger charge is -2.31. The van der Waals surface area contributed by atoms with E-state index in [1.54, 1.807) is 0 Å². The predicted octanol–water partition coefficient (Wildman–Crippen LogP) is 3.26. The number of benzene rings is 1. The number of hydrogen-bond donors (Lipinski definition) is 1. The van der Waals surface area contributed by atoms with Gasteiger partial charge in [0.1, 0.15) is 0 Å². The molecule has 1 aromatic carbocycles. The summed E-state index contributed by atoms with van der Waals surface area (Å²) in [6.45, 7) is 3.77. The standard InChI is InChI=1S/C14H16ClNO2/c1-10-8-12(15)2-3-13(10)16-6-4-11(5-7-16)9-14(17)18/h2-3,8-9H,4-7H2,1H3,(H,17,18). The van der Waals surface area contributed by atoms with Gasteiger partial charge in [-0.3, -0.25) is 0 Å². The molecular weight excluding hydrogens is 250 g/mol. The first-order chi connectivity index (χ1) is 8.56. The lowest BCUT2D eigenvalue weighted by Crippen LogP contribution is -2.31. The van der Waals surface area contributed by atoms with Gasteiger partial charge in [0, 0.05) is 29.9 Å². The number of halogens is 1. The molecule has 1 heterocycles. The maximum atomic E-state index is 10.6. The number of hydrogen-bond acceptors (Lipinski definition) is 2. The Kier molecular flexibility index (Phi) is 3.92. The largest absolute Gasteiger partial charge is 0.478 e. The molecule has 0 unspecified atom stereocenters. The van der Waals surface area contributed by atoms with Crippen LogP contribution in [0.1, 0.15) is 18.4 Å². The SMILES string of the molecule is Cc1cc(Cl)ccc1N1CCC(=CC(=O)O)CC1. The zero-order valence-electron chi connectivity index (χ0n) is 10.3. The summed E-state index contributed by atoms with van der Waals surface area (Å²) in [5.41, 5.74) is 3.37. The first-order valence-electron chi connectivity index (χ1n) is 6.00. The maximum absolute atomic E-state index is 10.6. The Labute approximate surface area is 112 Å². The Morgan fingerprint density at radius 1 is 1.39 bits per heavy atom. The molecule has 0 bridgehead atoms. The monoisotopic (exact) mass is 265 g/mol. The molecular formula is C14H16ClNO2. The molecule has 0 saturated carbocycles. The molecule has 1 aliphatic heterocycles. The van der Waals surface area contributed by atoms with Gasteiger partial charge in [-0.15, -0.1) is 0 Å². The summed E-state index contributed by atoms with van der Waals surface area (Å²) in [6.07, 6.45) is 2.97. The van der Waals surface area contributed by atoms with E-state index in [1.807, 2.05) is 25.1 Å². The van der Waals surface area contributed by atoms with Crippen molar-refractivity contribution >= 4 is 23.3 Å². The van der Waals surface area contributed by atoms with Crippen LogP contribution in [0.4, 0.5) is 5.69 Å². The van der Waals surface area contributed by atoms with Gasteiger partial charge in [-0.1, -0.05) is 17.2 Å². The van der Waals surface area contributed by atoms with Gasteiger partial charge < -0.3 is 10.0 Å². The van der Waals surface area contributed by atoms with Crippen LogP contribution in [0.3, 0.4) is 0 Å². The second-order valence-corrected chi connectivity index (χ2v) is 5.00. The fraction of sp³-hybridized carbons (Fsp3) is 0.357. The van der Waals surface area contributed by atoms with Crippen LogP contribution < -0.4 is 4.90 Å². The van der Waals surface area contributed by atoms with E-state index >= 15 is 0 Å². The van der Waals surface area contributed by atoms with E-state index in [0.717, 1.165) is 42.1 Å². The lowest BCUT2D eigenvalue weighted by atomic mass is 10.0. The zero-order chi connectivity index (χ0) is 13.1. The van der Waals surface area contributed by atoms with E-state index in [4.69, 9.17) is 16.7 Å². The molecule has 3 nitrogen and oxygen atoms in total. The summed E-state index contributed by atoms with van der Waals surface area (Å²) in [4.78, 5) is 12.9. The normalized spacial score (nSPS) is 15.7. The highest BCUT2D eigenvalue weighted by molar-refractivity contribution is 6.30. The Hall–Kier alpha value is -1.48. The second-order valence-electron chi connectivity index (χ2n) is 4.56. The van der Waals surface area contributed by atoms with Crippen molar-refractivity contribution < 1.29 is 9.90 Å². The van der Waals surface area contributed by atoms with E-state index in [0.29, 0.717) is 0 Å². The van der Waals surface area contributed by atoms with Gasteiger partial charge in [0.2, 0.25) is 0 Å². The summed E-state index contributed by atoms with van der Waals surface area (Å²) in [7, 11) is 0. The van der Waals surface area contributed by atoms with Gasteiger partial charge in [-0.05, 0) is 43.5 Å². The fourth-order valence-electron chi connectivity index (χ4n) is 2.33. The number of aryl methyl sites for hydroxylation is 1. The number of aliphatic carboxylic acids is 1. The molecule has 0 radical (unpaired) electrons. The van der Waals surface area contributed by atoms with Crippen molar-refractivity contribution in [2.45, 2.75) is 19.8 Å². The molecule has 0 amide bonds. The Morgan fingerprint density at radius 3 is 2.61 bits per heavy atom. The highest BCUT2D eigenvalue weighted by Crippen LogP contribution is 2.27. The van der Waals surface area contributed by atoms with Crippen molar-refractivity contribution in [1.29, 1.82) is 0 Å². The van der Waals surface area contributed by atoms with Gasteiger partial charge in [0.25, 0.3) is 0 Å². The van der Waals surface area contributed by atoms with Crippen LogP contribution in [0.2, 0.25) is 5.02 Å². The number of nitrogens with zero attached hydrogens (tertiary/aromatic N) is 1. The minimum Gasteiger partial charge on any atom is -0.478 e. The van der Waals surface area contributed by atoms with E-state index < -0.39 is 5.97 Å². The molecule has 18 heavy (non-hydrogen) atoms. The van der Waals surface area contributed by atoms with E-state index in [9.17, 15) is 4.79 Å². The van der Waals surface area contributed by atoms with E-state index in [1.165, 1.54) is 11.8 Å². The third-order valence-electron chi connectivity index (χ3n) is 3.23. The molecule has 1 fully saturated rings. The zero-order valence-corrected chi connectivity index (χ0v) is 11.1. The van der Waals surface area contributed by atoms with Gasteiger partial charge >= 0.3 is 5.97 Å². The third-order valence-corrected chi connectivity index (χ3v) is 3.47. The lowest BCUT2D eigenvalue weighted by molar-refractivity contribution is -0.131. The number of anilines is 1. The van der Waals surface area contributed by atoms with Crippen LogP contribution in [0.25, 0.3) is 0 Å². The molecule has 0 aromatic heterocycles. The van der Waals surface area contributed by atoms with Crippen LogP contribution in [0.5, 0.6) is 0 Å². The molecule has 1 aliphatic rings. The third kappa shape index (κ3) is 3.05. The van der Waals surface area contributed by atoms with Crippen LogP contribution in [0.15, 0.2) is 29.8 Å². The average molecular weight is 266 g/mol. The van der Waals surface area contributed by atoms with E-state index in [2.05, 4.69) is 4.90 Å². The minimum atomic E-state index is -0.846. The second kappa shape index (κ2) is 5.44. The quantitative estimate of drug-likeness (QED) is 0.835. The highest BCUT2D eigenvalue weighted by Gasteiger charge is 2.16. The highest BCUT2D eigenvalue weighted by atomic mass is 35.5. The van der Waals surface area contributed by atoms with Crippen LogP contribution in [-0.2, 0) is 4.79 Å². The fourth-order valence-corrected chi connectivity index (χ4v) is 2.55. The minimum absolute atomic E-state index is 0.750. The topological polar surface area (TPSA) is 40.5 Å². The molecule has 1 saturated heterocycles. The molecule has 2 rings (SSSR count). The number of carbonyl (C=O) groups is 1. The summed E-state index contributed by atoms with van der Waals surface area (Å²) < 4.78 is 0. The van der Waals surface area contributed by atoms with Gasteiger partial charge in [0.05, 0.1) is 0 Å². The Balaban J connectivity index is 2.08. The van der Waals surface area contributed by atoms with Gasteiger partial charge in [-0.2, -0.15) is 0 Å². The van der Waals surface area contributed by atoms with Crippen molar-refractivity contribution in [2.24, 2.45) is 0 Å². The molecule has 96 valence electrons. The average Bonchev–Trinajstić information content (AvgIpc) is 2.30. The Bertz CT molecular complexity index is 487. The Morgan fingerprint density at radius 2 is 2.06 bits per heavy atom. The van der Waals surface area contributed by atoms with E-state index in [-0.39, 0.29) is 0 Å².